The Balaban J connectivity index is 3.16. The highest BCUT2D eigenvalue weighted by atomic mass is 35.5. The zero-order chi connectivity index (χ0) is 8.27. The Hall–Kier alpha value is -1.06. The lowest BCUT2D eigenvalue weighted by molar-refractivity contribution is 0.112. The number of halogens is 1. The molecule has 0 aromatic heterocycles. The maximum atomic E-state index is 10.3. The molecule has 0 aliphatic rings. The van der Waals surface area contributed by atoms with E-state index in [1.54, 1.807) is 6.07 Å². The largest absolute Gasteiger partial charge is 0.298 e. The van der Waals surface area contributed by atoms with Gasteiger partial charge in [-0.1, -0.05) is 11.6 Å². The molecule has 4 heteroatoms. The van der Waals surface area contributed by atoms with Crippen molar-refractivity contribution < 1.29 is 10.0 Å². The van der Waals surface area contributed by atoms with Crippen LogP contribution in [0.25, 0.3) is 0 Å². The first-order chi connectivity index (χ1) is 5.27. The molecule has 0 radical (unpaired) electrons. The predicted octanol–water partition coefficient (Wildman–Crippen LogP) is 1.95. The summed E-state index contributed by atoms with van der Waals surface area (Å²) in [6, 6.07) is 4.56. The molecule has 0 unspecified atom stereocenters. The summed E-state index contributed by atoms with van der Waals surface area (Å²) in [5.41, 5.74) is 2.57. The van der Waals surface area contributed by atoms with E-state index in [9.17, 15) is 4.79 Å². The number of anilines is 1. The van der Waals surface area contributed by atoms with Gasteiger partial charge in [-0.3, -0.25) is 15.5 Å². The van der Waals surface area contributed by atoms with Crippen molar-refractivity contribution in [3.63, 3.8) is 0 Å². The first kappa shape index (κ1) is 8.04. The minimum absolute atomic E-state index is 0.333. The molecule has 58 valence electrons. The topological polar surface area (TPSA) is 49.3 Å². The van der Waals surface area contributed by atoms with Gasteiger partial charge in [-0.2, -0.15) is 0 Å². The van der Waals surface area contributed by atoms with Crippen LogP contribution in [0.4, 0.5) is 5.69 Å². The van der Waals surface area contributed by atoms with Crippen LogP contribution in [-0.2, 0) is 0 Å². The fourth-order valence-corrected chi connectivity index (χ4v) is 0.913. The first-order valence-corrected chi connectivity index (χ1v) is 3.30. The molecule has 0 aliphatic carbocycles. The maximum Gasteiger partial charge on any atom is 0.152 e. The molecule has 1 rings (SSSR count). The predicted molar refractivity (Wildman–Crippen MR) is 42.2 cm³/mol. The summed E-state index contributed by atoms with van der Waals surface area (Å²) in [7, 11) is 0. The Morgan fingerprint density at radius 1 is 1.55 bits per heavy atom. The average Bonchev–Trinajstić information content (AvgIpc) is 2.04. The van der Waals surface area contributed by atoms with Crippen LogP contribution in [0.2, 0.25) is 5.02 Å². The molecule has 0 spiro atoms. The normalized spacial score (nSPS) is 9.27. The standard InChI is InChI=1S/C7H6ClNO2/c8-6-1-2-7(9-11)5(3-6)4-10/h1-4,9,11H. The highest BCUT2D eigenvalue weighted by Crippen LogP contribution is 2.17. The third-order valence-electron chi connectivity index (χ3n) is 1.26. The minimum atomic E-state index is 0.333. The lowest BCUT2D eigenvalue weighted by Crippen LogP contribution is -1.94. The second kappa shape index (κ2) is 3.37. The third kappa shape index (κ3) is 1.69. The SMILES string of the molecule is O=Cc1cc(Cl)ccc1NO. The molecule has 2 N–H and O–H groups in total. The monoisotopic (exact) mass is 171 g/mol. The number of nitrogens with one attached hydrogen (secondary N) is 1. The Kier molecular flexibility index (Phi) is 2.46. The number of hydrogen-bond acceptors (Lipinski definition) is 3. The highest BCUT2D eigenvalue weighted by Gasteiger charge is 1.99. The van der Waals surface area contributed by atoms with E-state index in [4.69, 9.17) is 16.8 Å². The van der Waals surface area contributed by atoms with Gasteiger partial charge in [0.25, 0.3) is 0 Å². The minimum Gasteiger partial charge on any atom is -0.298 e. The second-order valence-corrected chi connectivity index (χ2v) is 2.40. The summed E-state index contributed by atoms with van der Waals surface area (Å²) >= 11 is 5.58. The van der Waals surface area contributed by atoms with E-state index < -0.39 is 0 Å². The van der Waals surface area contributed by atoms with E-state index in [0.29, 0.717) is 22.6 Å². The fourth-order valence-electron chi connectivity index (χ4n) is 0.733. The van der Waals surface area contributed by atoms with Crippen molar-refractivity contribution in [3.8, 4) is 0 Å². The number of carbonyl (C=O) groups excluding carboxylic acids is 1. The van der Waals surface area contributed by atoms with Crippen molar-refractivity contribution >= 4 is 23.6 Å². The molecule has 1 aromatic rings. The van der Waals surface area contributed by atoms with Gasteiger partial charge in [0, 0.05) is 10.6 Å². The lowest BCUT2D eigenvalue weighted by atomic mass is 10.2. The Labute approximate surface area is 68.6 Å². The van der Waals surface area contributed by atoms with Gasteiger partial charge in [0.2, 0.25) is 0 Å². The maximum absolute atomic E-state index is 10.3. The zero-order valence-corrected chi connectivity index (χ0v) is 6.30. The van der Waals surface area contributed by atoms with Crippen molar-refractivity contribution in [1.82, 2.24) is 0 Å². The zero-order valence-electron chi connectivity index (χ0n) is 5.54. The molecule has 0 saturated carbocycles. The number of benzene rings is 1. The van der Waals surface area contributed by atoms with E-state index in [1.807, 2.05) is 5.48 Å². The molecule has 0 amide bonds. The van der Waals surface area contributed by atoms with Crippen molar-refractivity contribution in [2.24, 2.45) is 0 Å². The van der Waals surface area contributed by atoms with Gasteiger partial charge in [-0.15, -0.1) is 0 Å². The molecule has 0 bridgehead atoms. The van der Waals surface area contributed by atoms with Crippen molar-refractivity contribution in [3.05, 3.63) is 28.8 Å². The van der Waals surface area contributed by atoms with E-state index in [0.717, 1.165) is 0 Å². The molecular formula is C7H6ClNO2. The number of rotatable bonds is 2. The summed E-state index contributed by atoms with van der Waals surface area (Å²) in [5.74, 6) is 0. The van der Waals surface area contributed by atoms with E-state index >= 15 is 0 Å². The second-order valence-electron chi connectivity index (χ2n) is 1.96. The summed E-state index contributed by atoms with van der Waals surface area (Å²) in [6.45, 7) is 0. The highest BCUT2D eigenvalue weighted by molar-refractivity contribution is 6.31. The average molecular weight is 172 g/mol. The molecule has 0 aliphatic heterocycles. The Bertz CT molecular complexity index is 275. The molecule has 0 heterocycles. The van der Waals surface area contributed by atoms with Crippen molar-refractivity contribution in [2.75, 3.05) is 5.48 Å². The van der Waals surface area contributed by atoms with Crippen LogP contribution in [0, 0.1) is 0 Å². The van der Waals surface area contributed by atoms with Crippen LogP contribution in [-0.4, -0.2) is 11.5 Å². The smallest absolute Gasteiger partial charge is 0.152 e. The lowest BCUT2D eigenvalue weighted by Gasteiger charge is -2.01. The van der Waals surface area contributed by atoms with Crippen molar-refractivity contribution in [1.29, 1.82) is 0 Å². The third-order valence-corrected chi connectivity index (χ3v) is 1.50. The van der Waals surface area contributed by atoms with Crippen molar-refractivity contribution in [2.45, 2.75) is 0 Å². The molecular weight excluding hydrogens is 166 g/mol. The molecule has 11 heavy (non-hydrogen) atoms. The summed E-state index contributed by atoms with van der Waals surface area (Å²) in [5, 5.41) is 8.95. The Morgan fingerprint density at radius 2 is 2.27 bits per heavy atom. The number of aldehydes is 1. The molecule has 0 atom stereocenters. The van der Waals surface area contributed by atoms with Crippen LogP contribution in [0.5, 0.6) is 0 Å². The number of carbonyl (C=O) groups is 1. The molecule has 1 aromatic carbocycles. The van der Waals surface area contributed by atoms with Crippen LogP contribution in [0.1, 0.15) is 10.4 Å². The summed E-state index contributed by atoms with van der Waals surface area (Å²) < 4.78 is 0. The van der Waals surface area contributed by atoms with Gasteiger partial charge in [0.15, 0.2) is 6.29 Å². The van der Waals surface area contributed by atoms with Crippen LogP contribution < -0.4 is 5.48 Å². The number of hydrogen-bond donors (Lipinski definition) is 2. The van der Waals surface area contributed by atoms with Crippen LogP contribution in [0.3, 0.4) is 0 Å². The van der Waals surface area contributed by atoms with Crippen LogP contribution in [0.15, 0.2) is 18.2 Å². The van der Waals surface area contributed by atoms with Gasteiger partial charge in [0.05, 0.1) is 5.69 Å². The fraction of sp³-hybridized carbons (Fsp3) is 0. The van der Waals surface area contributed by atoms with E-state index in [2.05, 4.69) is 0 Å². The quantitative estimate of drug-likeness (QED) is 0.528. The summed E-state index contributed by atoms with van der Waals surface area (Å²) in [4.78, 5) is 10.3. The van der Waals surface area contributed by atoms with Gasteiger partial charge in [0.1, 0.15) is 0 Å². The molecule has 0 fully saturated rings. The van der Waals surface area contributed by atoms with Gasteiger partial charge < -0.3 is 0 Å². The van der Waals surface area contributed by atoms with Gasteiger partial charge in [-0.05, 0) is 18.2 Å². The van der Waals surface area contributed by atoms with E-state index in [-0.39, 0.29) is 0 Å². The first-order valence-electron chi connectivity index (χ1n) is 2.93. The van der Waals surface area contributed by atoms with E-state index in [1.165, 1.54) is 12.1 Å². The summed E-state index contributed by atoms with van der Waals surface area (Å²) in [6.07, 6.45) is 0.616. The molecule has 0 saturated heterocycles. The van der Waals surface area contributed by atoms with Gasteiger partial charge in [-0.25, -0.2) is 0 Å². The van der Waals surface area contributed by atoms with Crippen LogP contribution >= 0.6 is 11.6 Å². The molecule has 3 nitrogen and oxygen atoms in total. The van der Waals surface area contributed by atoms with Gasteiger partial charge >= 0.3 is 0 Å². The Morgan fingerprint density at radius 3 is 2.82 bits per heavy atom.